The van der Waals surface area contributed by atoms with E-state index >= 15 is 0 Å². The summed E-state index contributed by atoms with van der Waals surface area (Å²) in [6, 6.07) is 10.4. The summed E-state index contributed by atoms with van der Waals surface area (Å²) in [6.45, 7) is 4.75. The second kappa shape index (κ2) is 8.48. The van der Waals surface area contributed by atoms with Crippen molar-refractivity contribution in [1.29, 1.82) is 0 Å². The van der Waals surface area contributed by atoms with Crippen molar-refractivity contribution in [1.82, 2.24) is 15.1 Å². The summed E-state index contributed by atoms with van der Waals surface area (Å²) >= 11 is 0. The van der Waals surface area contributed by atoms with Crippen molar-refractivity contribution >= 4 is 11.8 Å². The molecule has 0 saturated carbocycles. The maximum atomic E-state index is 13.0. The van der Waals surface area contributed by atoms with Crippen LogP contribution in [0.25, 0.3) is 0 Å². The summed E-state index contributed by atoms with van der Waals surface area (Å²) in [7, 11) is 0. The third-order valence-corrected chi connectivity index (χ3v) is 5.48. The lowest BCUT2D eigenvalue weighted by molar-refractivity contribution is -0.137. The molecule has 0 aromatic heterocycles. The van der Waals surface area contributed by atoms with E-state index in [1.165, 1.54) is 6.42 Å². The van der Waals surface area contributed by atoms with E-state index in [0.717, 1.165) is 31.4 Å². The van der Waals surface area contributed by atoms with E-state index in [-0.39, 0.29) is 17.9 Å². The second-order valence-electron chi connectivity index (χ2n) is 7.10. The van der Waals surface area contributed by atoms with Gasteiger partial charge in [0.05, 0.1) is 6.54 Å². The molecule has 2 unspecified atom stereocenters. The van der Waals surface area contributed by atoms with Crippen molar-refractivity contribution in [2.45, 2.75) is 51.1 Å². The second-order valence-corrected chi connectivity index (χ2v) is 7.10. The van der Waals surface area contributed by atoms with E-state index in [1.807, 2.05) is 18.2 Å². The Morgan fingerprint density at radius 1 is 1.20 bits per heavy atom. The first kappa shape index (κ1) is 17.9. The van der Waals surface area contributed by atoms with E-state index in [2.05, 4.69) is 34.2 Å². The van der Waals surface area contributed by atoms with Crippen molar-refractivity contribution in [2.24, 2.45) is 0 Å². The molecule has 5 heteroatoms. The molecular formula is C20H29N3O2. The number of rotatable bonds is 4. The molecule has 1 aromatic rings. The summed E-state index contributed by atoms with van der Waals surface area (Å²) < 4.78 is 0. The number of carbonyl (C=O) groups excluding carboxylic acids is 2. The van der Waals surface area contributed by atoms with Gasteiger partial charge in [0.2, 0.25) is 11.8 Å². The van der Waals surface area contributed by atoms with Gasteiger partial charge in [-0.25, -0.2) is 0 Å². The van der Waals surface area contributed by atoms with E-state index < -0.39 is 0 Å². The molecule has 3 rings (SSSR count). The highest BCUT2D eigenvalue weighted by atomic mass is 16.2. The number of hydrogen-bond acceptors (Lipinski definition) is 3. The van der Waals surface area contributed by atoms with Gasteiger partial charge in [0.1, 0.15) is 0 Å². The fraction of sp³-hybridized carbons (Fsp3) is 0.600. The summed E-state index contributed by atoms with van der Waals surface area (Å²) in [6.07, 6.45) is 4.87. The van der Waals surface area contributed by atoms with Crippen LogP contribution in [0.4, 0.5) is 0 Å². The third kappa shape index (κ3) is 4.40. The van der Waals surface area contributed by atoms with Gasteiger partial charge in [0.25, 0.3) is 0 Å². The van der Waals surface area contributed by atoms with E-state index in [9.17, 15) is 9.59 Å². The number of benzene rings is 1. The molecule has 0 radical (unpaired) electrons. The highest BCUT2D eigenvalue weighted by Crippen LogP contribution is 2.26. The Morgan fingerprint density at radius 3 is 2.76 bits per heavy atom. The highest BCUT2D eigenvalue weighted by molar-refractivity contribution is 5.80. The van der Waals surface area contributed by atoms with Gasteiger partial charge in [-0.3, -0.25) is 14.5 Å². The zero-order chi connectivity index (χ0) is 17.6. The number of nitrogens with zero attached hydrogens (tertiary/aromatic N) is 2. The Bertz CT molecular complexity index is 590. The van der Waals surface area contributed by atoms with Gasteiger partial charge in [0, 0.05) is 38.1 Å². The predicted octanol–water partition coefficient (Wildman–Crippen LogP) is 2.34. The van der Waals surface area contributed by atoms with Gasteiger partial charge in [0.15, 0.2) is 0 Å². The molecule has 0 bridgehead atoms. The largest absolute Gasteiger partial charge is 0.355 e. The SMILES string of the molecule is CCC1CCCCN1C(=O)CN1CCNC(=O)CC1c1ccccc1. The van der Waals surface area contributed by atoms with Crippen LogP contribution >= 0.6 is 0 Å². The molecule has 1 aromatic carbocycles. The normalized spacial score (nSPS) is 25.3. The minimum atomic E-state index is -0.0301. The minimum Gasteiger partial charge on any atom is -0.355 e. The smallest absolute Gasteiger partial charge is 0.237 e. The number of amides is 2. The molecule has 2 heterocycles. The van der Waals surface area contributed by atoms with E-state index in [0.29, 0.717) is 32.1 Å². The molecule has 0 aliphatic carbocycles. The Balaban J connectivity index is 1.75. The Labute approximate surface area is 150 Å². The standard InChI is InChI=1S/C20H29N3O2/c1-2-17-10-6-7-12-23(17)20(25)15-22-13-11-21-19(24)14-18(22)16-8-4-3-5-9-16/h3-5,8-9,17-18H,2,6-7,10-15H2,1H3,(H,21,24). The van der Waals surface area contributed by atoms with Gasteiger partial charge in [-0.2, -0.15) is 0 Å². The summed E-state index contributed by atoms with van der Waals surface area (Å²) in [5, 5.41) is 2.94. The van der Waals surface area contributed by atoms with Crippen molar-refractivity contribution in [3.63, 3.8) is 0 Å². The van der Waals surface area contributed by atoms with Crippen LogP contribution in [0.5, 0.6) is 0 Å². The lowest BCUT2D eigenvalue weighted by Gasteiger charge is -2.38. The Kier molecular flexibility index (Phi) is 6.08. The number of hydrogen-bond donors (Lipinski definition) is 1. The molecule has 0 spiro atoms. The monoisotopic (exact) mass is 343 g/mol. The fourth-order valence-corrected chi connectivity index (χ4v) is 4.08. The van der Waals surface area contributed by atoms with Crippen LogP contribution < -0.4 is 5.32 Å². The lowest BCUT2D eigenvalue weighted by atomic mass is 9.99. The molecule has 2 atom stereocenters. The molecule has 1 N–H and O–H groups in total. The quantitative estimate of drug-likeness (QED) is 0.913. The molecule has 136 valence electrons. The minimum absolute atomic E-state index is 0.0301. The summed E-state index contributed by atoms with van der Waals surface area (Å²) in [5.41, 5.74) is 1.11. The molecular weight excluding hydrogens is 314 g/mol. The van der Waals surface area contributed by atoms with Crippen molar-refractivity contribution in [3.8, 4) is 0 Å². The molecule has 2 amide bonds. The first-order valence-corrected chi connectivity index (χ1v) is 9.54. The predicted molar refractivity (Wildman–Crippen MR) is 98.0 cm³/mol. The zero-order valence-electron chi connectivity index (χ0n) is 15.1. The Hall–Kier alpha value is -1.88. The van der Waals surface area contributed by atoms with Gasteiger partial charge < -0.3 is 10.2 Å². The average Bonchev–Trinajstić information content (AvgIpc) is 2.83. The fourth-order valence-electron chi connectivity index (χ4n) is 4.08. The van der Waals surface area contributed by atoms with Crippen LogP contribution in [0.1, 0.15) is 50.6 Å². The van der Waals surface area contributed by atoms with Crippen LogP contribution in [0.15, 0.2) is 30.3 Å². The maximum absolute atomic E-state index is 13.0. The average molecular weight is 343 g/mol. The van der Waals surface area contributed by atoms with Crippen LogP contribution in [0, 0.1) is 0 Å². The van der Waals surface area contributed by atoms with Crippen molar-refractivity contribution < 1.29 is 9.59 Å². The summed E-state index contributed by atoms with van der Waals surface area (Å²) in [5.74, 6) is 0.273. The molecule has 25 heavy (non-hydrogen) atoms. The molecule has 5 nitrogen and oxygen atoms in total. The Morgan fingerprint density at radius 2 is 2.00 bits per heavy atom. The molecule has 2 saturated heterocycles. The third-order valence-electron chi connectivity index (χ3n) is 5.48. The molecule has 2 aliphatic heterocycles. The van der Waals surface area contributed by atoms with Crippen LogP contribution in [0.2, 0.25) is 0 Å². The van der Waals surface area contributed by atoms with Gasteiger partial charge in [-0.15, -0.1) is 0 Å². The first-order valence-electron chi connectivity index (χ1n) is 9.54. The van der Waals surface area contributed by atoms with E-state index in [1.54, 1.807) is 0 Å². The molecule has 2 fully saturated rings. The van der Waals surface area contributed by atoms with Crippen LogP contribution in [0.3, 0.4) is 0 Å². The number of piperidine rings is 1. The van der Waals surface area contributed by atoms with E-state index in [4.69, 9.17) is 0 Å². The topological polar surface area (TPSA) is 52.7 Å². The summed E-state index contributed by atoms with van der Waals surface area (Å²) in [4.78, 5) is 29.3. The first-order chi connectivity index (χ1) is 12.2. The van der Waals surface area contributed by atoms with Crippen LogP contribution in [-0.4, -0.2) is 53.8 Å². The van der Waals surface area contributed by atoms with Crippen LogP contribution in [-0.2, 0) is 9.59 Å². The van der Waals surface area contributed by atoms with Gasteiger partial charge in [-0.1, -0.05) is 37.3 Å². The highest BCUT2D eigenvalue weighted by Gasteiger charge is 2.31. The lowest BCUT2D eigenvalue weighted by Crippen LogP contribution is -2.48. The maximum Gasteiger partial charge on any atom is 0.237 e. The van der Waals surface area contributed by atoms with Gasteiger partial charge >= 0.3 is 0 Å². The molecule has 2 aliphatic rings. The number of nitrogens with one attached hydrogen (secondary N) is 1. The number of likely N-dealkylation sites (tertiary alicyclic amines) is 1. The van der Waals surface area contributed by atoms with Crippen molar-refractivity contribution in [3.05, 3.63) is 35.9 Å². The van der Waals surface area contributed by atoms with Crippen molar-refractivity contribution in [2.75, 3.05) is 26.2 Å². The van der Waals surface area contributed by atoms with Gasteiger partial charge in [-0.05, 0) is 31.2 Å². The number of carbonyl (C=O) groups is 2. The zero-order valence-corrected chi connectivity index (χ0v) is 15.1.